The summed E-state index contributed by atoms with van der Waals surface area (Å²) < 4.78 is 31.3. The highest BCUT2D eigenvalue weighted by Crippen LogP contribution is 2.62. The maximum Gasteiger partial charge on any atom is 0.255 e. The number of carbonyl (C=O) groups excluding carboxylic acids is 2. The summed E-state index contributed by atoms with van der Waals surface area (Å²) in [7, 11) is 0. The Morgan fingerprint density at radius 3 is 2.04 bits per heavy atom. The molecule has 2 amide bonds. The third-order valence-electron chi connectivity index (χ3n) is 15.4. The standard InChI is InChI=1S/C52H65N7O11/c60-31-41-45(62)46(63)47(64)51(69-41)59-30-34(54-55-59)10-7-22-66-24-26-68-27-25-67-23-15-42(61)53-16-21-58-50(65)35-11-1-2-14-38(35)52(58)39-28-32-8-3-17-56-19-5-12-36(43(32)56)48(39)70-49-37-13-6-20-57-18-4-9-33(44(37)57)29-40(49)52/h1-2,11,14,28-30,41,45-47,51,60,62-64H,3-10,12-13,15-27,31H2,(H,53,61)/t41?,45-,46+,47?,51-/m0/s1. The summed E-state index contributed by atoms with van der Waals surface area (Å²) in [5, 5.41) is 51.1. The van der Waals surface area contributed by atoms with E-state index in [0.29, 0.717) is 63.7 Å². The van der Waals surface area contributed by atoms with E-state index in [1.165, 1.54) is 38.3 Å². The van der Waals surface area contributed by atoms with Gasteiger partial charge in [0, 0.05) is 91.5 Å². The molecule has 3 aromatic carbocycles. The first-order valence-electron chi connectivity index (χ1n) is 25.5. The zero-order chi connectivity index (χ0) is 47.9. The van der Waals surface area contributed by atoms with Gasteiger partial charge in [-0.2, -0.15) is 0 Å². The Morgan fingerprint density at radius 2 is 1.39 bits per heavy atom. The maximum absolute atomic E-state index is 15.0. The zero-order valence-electron chi connectivity index (χ0n) is 39.7. The fraction of sp³-hybridized carbons (Fsp3) is 0.577. The van der Waals surface area contributed by atoms with Gasteiger partial charge in [0.05, 0.1) is 51.5 Å². The van der Waals surface area contributed by atoms with Crippen molar-refractivity contribution in [1.82, 2.24) is 25.2 Å². The second-order valence-corrected chi connectivity index (χ2v) is 19.6. The molecule has 0 saturated carbocycles. The van der Waals surface area contributed by atoms with Crippen molar-refractivity contribution < 1.29 is 53.7 Å². The minimum Gasteiger partial charge on any atom is -0.456 e. The molecule has 4 aromatic rings. The van der Waals surface area contributed by atoms with Crippen molar-refractivity contribution in [3.63, 3.8) is 0 Å². The van der Waals surface area contributed by atoms with Crippen LogP contribution in [0.5, 0.6) is 11.5 Å². The lowest BCUT2D eigenvalue weighted by Gasteiger charge is -2.49. The van der Waals surface area contributed by atoms with Crippen molar-refractivity contribution in [2.45, 2.75) is 107 Å². The lowest BCUT2D eigenvalue weighted by Crippen LogP contribution is -2.56. The molecular weight excluding hydrogens is 899 g/mol. The Labute approximate surface area is 407 Å². The number of carbonyl (C=O) groups is 2. The third kappa shape index (κ3) is 8.32. The van der Waals surface area contributed by atoms with Crippen molar-refractivity contribution >= 4 is 23.2 Å². The van der Waals surface area contributed by atoms with Crippen LogP contribution in [0.25, 0.3) is 0 Å². The average Bonchev–Trinajstić information content (AvgIpc) is 3.95. The molecule has 8 heterocycles. The molecule has 0 radical (unpaired) electrons. The third-order valence-corrected chi connectivity index (χ3v) is 15.4. The van der Waals surface area contributed by atoms with E-state index >= 15 is 0 Å². The van der Waals surface area contributed by atoms with E-state index in [1.54, 1.807) is 6.20 Å². The number of ether oxygens (including phenoxy) is 5. The van der Waals surface area contributed by atoms with Crippen LogP contribution in [0, 0.1) is 0 Å². The molecule has 18 heteroatoms. The fourth-order valence-electron chi connectivity index (χ4n) is 12.3. The van der Waals surface area contributed by atoms with Crippen molar-refractivity contribution in [1.29, 1.82) is 0 Å². The van der Waals surface area contributed by atoms with E-state index in [0.717, 1.165) is 106 Å². The monoisotopic (exact) mass is 963 g/mol. The molecule has 1 fully saturated rings. The fourth-order valence-corrected chi connectivity index (χ4v) is 12.3. The first kappa shape index (κ1) is 47.2. The number of aryl methyl sites for hydroxylation is 3. The molecule has 11 rings (SSSR count). The van der Waals surface area contributed by atoms with Gasteiger partial charge in [0.1, 0.15) is 41.5 Å². The van der Waals surface area contributed by atoms with Crippen LogP contribution in [0.1, 0.15) is 99.7 Å². The SMILES string of the molecule is O=C(CCOCCOCCOCCCc1cn([C@H]2OC(CO)[C@H](O)[C@@H](O)C2O)nn1)NCCN1C(=O)c2ccccc2C12c1cc3c4c(c1Oc1c2cc2c5c1CCCN5CCC2)CCCN4CCC3. The molecule has 5 N–H and O–H groups in total. The number of fused-ring (bicyclic) bond motifs is 8. The predicted octanol–water partition coefficient (Wildman–Crippen LogP) is 2.69. The number of hydrogen-bond acceptors (Lipinski definition) is 15. The molecule has 5 atom stereocenters. The summed E-state index contributed by atoms with van der Waals surface area (Å²) in [6, 6.07) is 12.9. The second kappa shape index (κ2) is 20.1. The van der Waals surface area contributed by atoms with E-state index in [-0.39, 0.29) is 31.4 Å². The summed E-state index contributed by atoms with van der Waals surface area (Å²) in [6.07, 6.45) is 4.64. The Hall–Kier alpha value is -5.18. The van der Waals surface area contributed by atoms with Gasteiger partial charge >= 0.3 is 0 Å². The van der Waals surface area contributed by atoms with Gasteiger partial charge in [-0.3, -0.25) is 9.59 Å². The second-order valence-electron chi connectivity index (χ2n) is 19.6. The first-order valence-corrected chi connectivity index (χ1v) is 25.5. The summed E-state index contributed by atoms with van der Waals surface area (Å²) in [6.45, 7) is 6.43. The predicted molar refractivity (Wildman–Crippen MR) is 255 cm³/mol. The van der Waals surface area contributed by atoms with Crippen LogP contribution >= 0.6 is 0 Å². The topological polar surface area (TPSA) is 214 Å². The van der Waals surface area contributed by atoms with Crippen LogP contribution in [0.3, 0.4) is 0 Å². The Kier molecular flexibility index (Phi) is 13.6. The molecule has 2 unspecified atom stereocenters. The van der Waals surface area contributed by atoms with Crippen LogP contribution in [-0.2, 0) is 61.4 Å². The highest BCUT2D eigenvalue weighted by Gasteiger charge is 2.58. The molecule has 0 bridgehead atoms. The molecule has 0 aliphatic carbocycles. The quantitative estimate of drug-likeness (QED) is 0.0908. The van der Waals surface area contributed by atoms with Crippen LogP contribution in [0.2, 0.25) is 0 Å². The van der Waals surface area contributed by atoms with E-state index in [2.05, 4.69) is 49.7 Å². The van der Waals surface area contributed by atoms with Crippen molar-refractivity contribution in [2.24, 2.45) is 0 Å². The first-order chi connectivity index (χ1) is 34.3. The van der Waals surface area contributed by atoms with E-state index in [1.807, 2.05) is 17.0 Å². The van der Waals surface area contributed by atoms with E-state index in [4.69, 9.17) is 23.7 Å². The highest BCUT2D eigenvalue weighted by molar-refractivity contribution is 6.03. The lowest BCUT2D eigenvalue weighted by atomic mass is 9.70. The van der Waals surface area contributed by atoms with Crippen LogP contribution in [0.4, 0.5) is 11.4 Å². The molecule has 1 aromatic heterocycles. The summed E-state index contributed by atoms with van der Waals surface area (Å²) in [5.41, 5.74) is 11.4. The van der Waals surface area contributed by atoms with Crippen molar-refractivity contribution in [3.8, 4) is 11.5 Å². The highest BCUT2D eigenvalue weighted by atomic mass is 16.6. The number of benzene rings is 3. The van der Waals surface area contributed by atoms with Crippen LogP contribution < -0.4 is 19.9 Å². The van der Waals surface area contributed by atoms with Gasteiger partial charge in [-0.15, -0.1) is 5.10 Å². The minimum absolute atomic E-state index is 0.0310. The summed E-state index contributed by atoms with van der Waals surface area (Å²) >= 11 is 0. The van der Waals surface area contributed by atoms with Crippen LogP contribution in [-0.4, -0.2) is 162 Å². The molecule has 18 nitrogen and oxygen atoms in total. The lowest BCUT2D eigenvalue weighted by molar-refractivity contribution is -0.254. The van der Waals surface area contributed by atoms with Crippen molar-refractivity contribution in [2.75, 3.05) is 95.3 Å². The largest absolute Gasteiger partial charge is 0.456 e. The molecule has 374 valence electrons. The number of nitrogens with zero attached hydrogens (tertiary/aromatic N) is 6. The van der Waals surface area contributed by atoms with Gasteiger partial charge in [-0.1, -0.05) is 23.4 Å². The van der Waals surface area contributed by atoms with E-state index < -0.39 is 42.8 Å². The number of aliphatic hydroxyl groups excluding tert-OH is 4. The Morgan fingerprint density at radius 1 is 0.771 bits per heavy atom. The molecule has 7 aliphatic rings. The maximum atomic E-state index is 15.0. The van der Waals surface area contributed by atoms with E-state index in [9.17, 15) is 30.0 Å². The van der Waals surface area contributed by atoms with Gasteiger partial charge in [-0.25, -0.2) is 4.68 Å². The number of nitrogens with one attached hydrogen (secondary N) is 1. The Balaban J connectivity index is 0.686. The van der Waals surface area contributed by atoms with Gasteiger partial charge in [0.15, 0.2) is 6.23 Å². The molecule has 70 heavy (non-hydrogen) atoms. The average molecular weight is 964 g/mol. The molecular formula is C52H65N7O11. The molecule has 7 aliphatic heterocycles. The van der Waals surface area contributed by atoms with Gasteiger partial charge in [0.25, 0.3) is 5.91 Å². The van der Waals surface area contributed by atoms with Gasteiger partial charge in [0.2, 0.25) is 5.91 Å². The summed E-state index contributed by atoms with van der Waals surface area (Å²) in [5.74, 6) is 1.67. The number of aromatic nitrogens is 3. The summed E-state index contributed by atoms with van der Waals surface area (Å²) in [4.78, 5) is 35.5. The number of amides is 2. The molecule has 1 saturated heterocycles. The smallest absolute Gasteiger partial charge is 0.255 e. The van der Waals surface area contributed by atoms with Gasteiger partial charge in [-0.05, 0) is 99.1 Å². The number of rotatable bonds is 18. The van der Waals surface area contributed by atoms with Gasteiger partial charge < -0.3 is 64.1 Å². The Bertz CT molecular complexity index is 2500. The minimum atomic E-state index is -1.50. The number of aliphatic hydroxyl groups is 4. The number of anilines is 2. The number of hydrogen-bond donors (Lipinski definition) is 5. The van der Waals surface area contributed by atoms with Crippen molar-refractivity contribution in [3.05, 3.63) is 92.8 Å². The normalized spacial score (nSPS) is 23.6. The zero-order valence-corrected chi connectivity index (χ0v) is 39.7. The van der Waals surface area contributed by atoms with Crippen LogP contribution in [0.15, 0.2) is 42.6 Å². The molecule has 1 spiro atoms.